The van der Waals surface area contributed by atoms with Crippen LogP contribution in [-0.4, -0.2) is 11.5 Å². The molecule has 0 fully saturated rings. The van der Waals surface area contributed by atoms with Crippen molar-refractivity contribution in [2.45, 2.75) is 12.5 Å². The highest BCUT2D eigenvalue weighted by Crippen LogP contribution is 2.30. The number of anilines is 2. The number of halogens is 6. The molecule has 0 spiro atoms. The summed E-state index contributed by atoms with van der Waals surface area (Å²) in [6.45, 7) is 0. The van der Waals surface area contributed by atoms with Crippen molar-refractivity contribution in [2.75, 3.05) is 10.6 Å². The SMILES string of the molecule is FC(F)(F)Oc1cccc(NC(=S)Nc2cccc(C(F)(F)F)c2)c1. The molecule has 0 saturated carbocycles. The second kappa shape index (κ2) is 7.18. The molecule has 2 aromatic rings. The molecule has 25 heavy (non-hydrogen) atoms. The van der Waals surface area contributed by atoms with E-state index in [2.05, 4.69) is 15.4 Å². The number of hydrogen-bond donors (Lipinski definition) is 2. The Bertz CT molecular complexity index is 760. The van der Waals surface area contributed by atoms with Crippen LogP contribution in [0.5, 0.6) is 5.75 Å². The van der Waals surface area contributed by atoms with Gasteiger partial charge in [0.05, 0.1) is 5.56 Å². The highest BCUT2D eigenvalue weighted by molar-refractivity contribution is 7.80. The van der Waals surface area contributed by atoms with Gasteiger partial charge in [-0.2, -0.15) is 13.2 Å². The normalized spacial score (nSPS) is 11.8. The van der Waals surface area contributed by atoms with Crippen LogP contribution in [0, 0.1) is 0 Å². The van der Waals surface area contributed by atoms with Crippen LogP contribution in [0.15, 0.2) is 48.5 Å². The minimum Gasteiger partial charge on any atom is -0.406 e. The van der Waals surface area contributed by atoms with Crippen molar-refractivity contribution in [2.24, 2.45) is 0 Å². The maximum Gasteiger partial charge on any atom is 0.573 e. The summed E-state index contributed by atoms with van der Waals surface area (Å²) in [7, 11) is 0. The van der Waals surface area contributed by atoms with E-state index in [1.807, 2.05) is 0 Å². The predicted octanol–water partition coefficient (Wildman–Crippen LogP) is 5.41. The van der Waals surface area contributed by atoms with Gasteiger partial charge in [0, 0.05) is 17.4 Å². The third kappa shape index (κ3) is 6.14. The van der Waals surface area contributed by atoms with Crippen molar-refractivity contribution in [3.8, 4) is 5.75 Å². The molecule has 134 valence electrons. The predicted molar refractivity (Wildman–Crippen MR) is 84.4 cm³/mol. The fraction of sp³-hybridized carbons (Fsp3) is 0.133. The minimum atomic E-state index is -4.84. The van der Waals surface area contributed by atoms with Crippen LogP contribution in [0.3, 0.4) is 0 Å². The van der Waals surface area contributed by atoms with Crippen LogP contribution in [0.25, 0.3) is 0 Å². The summed E-state index contributed by atoms with van der Waals surface area (Å²) in [5.41, 5.74) is -0.609. The van der Waals surface area contributed by atoms with E-state index in [1.165, 1.54) is 24.3 Å². The smallest absolute Gasteiger partial charge is 0.406 e. The van der Waals surface area contributed by atoms with Gasteiger partial charge in [-0.25, -0.2) is 0 Å². The first-order valence-electron chi connectivity index (χ1n) is 6.64. The highest BCUT2D eigenvalue weighted by atomic mass is 32.1. The van der Waals surface area contributed by atoms with Crippen molar-refractivity contribution >= 4 is 28.7 Å². The van der Waals surface area contributed by atoms with Gasteiger partial charge in [-0.1, -0.05) is 12.1 Å². The molecule has 2 rings (SSSR count). The van der Waals surface area contributed by atoms with Crippen LogP contribution in [0.2, 0.25) is 0 Å². The standard InChI is InChI=1S/C15H10F6N2OS/c16-14(17,18)9-3-1-4-10(7-9)22-13(25)23-11-5-2-6-12(8-11)24-15(19,20)21/h1-8H,(H2,22,23,25). The average Bonchev–Trinajstić information content (AvgIpc) is 2.45. The Hall–Kier alpha value is -2.49. The molecule has 3 nitrogen and oxygen atoms in total. The molecule has 0 radical (unpaired) electrons. The highest BCUT2D eigenvalue weighted by Gasteiger charge is 2.31. The summed E-state index contributed by atoms with van der Waals surface area (Å²) in [6.07, 6.45) is -9.34. The van der Waals surface area contributed by atoms with E-state index >= 15 is 0 Å². The molecule has 0 heterocycles. The molecule has 0 aromatic heterocycles. The zero-order chi connectivity index (χ0) is 18.7. The maximum absolute atomic E-state index is 12.6. The van der Waals surface area contributed by atoms with E-state index in [-0.39, 0.29) is 16.5 Å². The van der Waals surface area contributed by atoms with E-state index in [1.54, 1.807) is 0 Å². The fourth-order valence-electron chi connectivity index (χ4n) is 1.84. The summed E-state index contributed by atoms with van der Waals surface area (Å²) in [6, 6.07) is 9.20. The summed E-state index contributed by atoms with van der Waals surface area (Å²) in [4.78, 5) is 0. The summed E-state index contributed by atoms with van der Waals surface area (Å²) >= 11 is 4.94. The van der Waals surface area contributed by atoms with E-state index in [9.17, 15) is 26.3 Å². The van der Waals surface area contributed by atoms with E-state index < -0.39 is 23.9 Å². The van der Waals surface area contributed by atoms with Crippen LogP contribution in [0.4, 0.5) is 37.7 Å². The third-order valence-electron chi connectivity index (χ3n) is 2.77. The summed E-state index contributed by atoms with van der Waals surface area (Å²) < 4.78 is 78.3. The maximum atomic E-state index is 12.6. The molecule has 0 aliphatic rings. The first-order valence-corrected chi connectivity index (χ1v) is 7.05. The second-order valence-corrected chi connectivity index (χ2v) is 5.14. The molecular formula is C15H10F6N2OS. The lowest BCUT2D eigenvalue weighted by Gasteiger charge is -2.14. The summed E-state index contributed by atoms with van der Waals surface area (Å²) in [5, 5.41) is 5.00. The topological polar surface area (TPSA) is 33.3 Å². The second-order valence-electron chi connectivity index (χ2n) is 4.73. The van der Waals surface area contributed by atoms with Crippen molar-refractivity contribution < 1.29 is 31.1 Å². The van der Waals surface area contributed by atoms with Crippen LogP contribution >= 0.6 is 12.2 Å². The molecule has 2 aromatic carbocycles. The molecule has 10 heteroatoms. The molecule has 0 unspecified atom stereocenters. The van der Waals surface area contributed by atoms with E-state index in [0.717, 1.165) is 24.3 Å². The molecular weight excluding hydrogens is 370 g/mol. The number of alkyl halides is 6. The van der Waals surface area contributed by atoms with E-state index in [4.69, 9.17) is 12.2 Å². The quantitative estimate of drug-likeness (QED) is 0.551. The fourth-order valence-corrected chi connectivity index (χ4v) is 2.07. The molecule has 0 bridgehead atoms. The first kappa shape index (κ1) is 18.8. The Morgan fingerprint density at radius 2 is 1.40 bits per heavy atom. The Labute approximate surface area is 143 Å². The Balaban J connectivity index is 2.05. The van der Waals surface area contributed by atoms with Crippen molar-refractivity contribution in [1.82, 2.24) is 0 Å². The van der Waals surface area contributed by atoms with Gasteiger partial charge in [0.15, 0.2) is 5.11 Å². The lowest BCUT2D eigenvalue weighted by atomic mass is 10.2. The molecule has 0 aliphatic carbocycles. The lowest BCUT2D eigenvalue weighted by Crippen LogP contribution is -2.20. The number of ether oxygens (including phenoxy) is 1. The third-order valence-corrected chi connectivity index (χ3v) is 2.98. The Morgan fingerprint density at radius 3 is 1.96 bits per heavy atom. The van der Waals surface area contributed by atoms with Crippen LogP contribution in [0.1, 0.15) is 5.56 Å². The van der Waals surface area contributed by atoms with Crippen molar-refractivity contribution in [1.29, 1.82) is 0 Å². The molecule has 0 saturated heterocycles. The Morgan fingerprint density at radius 1 is 0.840 bits per heavy atom. The number of hydrogen-bond acceptors (Lipinski definition) is 2. The minimum absolute atomic E-state index is 0.0787. The molecule has 2 N–H and O–H groups in total. The van der Waals surface area contributed by atoms with Crippen molar-refractivity contribution in [3.63, 3.8) is 0 Å². The van der Waals surface area contributed by atoms with Gasteiger partial charge in [0.25, 0.3) is 0 Å². The number of thiocarbonyl (C=S) groups is 1. The number of nitrogens with one attached hydrogen (secondary N) is 2. The Kier molecular flexibility index (Phi) is 5.41. The van der Waals surface area contributed by atoms with Crippen molar-refractivity contribution in [3.05, 3.63) is 54.1 Å². The zero-order valence-electron chi connectivity index (χ0n) is 12.2. The largest absolute Gasteiger partial charge is 0.573 e. The number of rotatable bonds is 3. The van der Waals surface area contributed by atoms with Gasteiger partial charge in [-0.05, 0) is 42.5 Å². The van der Waals surface area contributed by atoms with Gasteiger partial charge in [0.2, 0.25) is 0 Å². The number of benzene rings is 2. The molecule has 0 amide bonds. The monoisotopic (exact) mass is 380 g/mol. The lowest BCUT2D eigenvalue weighted by molar-refractivity contribution is -0.274. The van der Waals surface area contributed by atoms with E-state index in [0.29, 0.717) is 0 Å². The molecule has 0 atom stereocenters. The molecule has 0 aliphatic heterocycles. The van der Waals surface area contributed by atoms with Gasteiger partial charge < -0.3 is 15.4 Å². The summed E-state index contributed by atoms with van der Waals surface area (Å²) in [5.74, 6) is -0.459. The zero-order valence-corrected chi connectivity index (χ0v) is 13.0. The van der Waals surface area contributed by atoms with Gasteiger partial charge >= 0.3 is 12.5 Å². The van der Waals surface area contributed by atoms with Gasteiger partial charge in [0.1, 0.15) is 5.75 Å². The van der Waals surface area contributed by atoms with Gasteiger partial charge in [-0.3, -0.25) is 0 Å². The van der Waals surface area contributed by atoms with Crippen LogP contribution in [-0.2, 0) is 6.18 Å². The average molecular weight is 380 g/mol. The first-order chi connectivity index (χ1) is 11.5. The van der Waals surface area contributed by atoms with Gasteiger partial charge in [-0.15, -0.1) is 13.2 Å². The van der Waals surface area contributed by atoms with Crippen LogP contribution < -0.4 is 15.4 Å².